The van der Waals surface area contributed by atoms with E-state index >= 15 is 0 Å². The summed E-state index contributed by atoms with van der Waals surface area (Å²) >= 11 is 0. The molecule has 0 heterocycles. The fourth-order valence-electron chi connectivity index (χ4n) is 0.967. The summed E-state index contributed by atoms with van der Waals surface area (Å²) in [7, 11) is 3.45. The van der Waals surface area contributed by atoms with Gasteiger partial charge in [-0.15, -0.1) is 0 Å². The molecule has 0 aliphatic carbocycles. The number of rotatable bonds is 7. The van der Waals surface area contributed by atoms with Crippen LogP contribution in [0.1, 0.15) is 19.3 Å². The monoisotopic (exact) mass is 189 g/mol. The minimum absolute atomic E-state index is 0.0675. The third-order valence-electron chi connectivity index (χ3n) is 1.77. The van der Waals surface area contributed by atoms with Crippen molar-refractivity contribution in [2.24, 2.45) is 5.28 Å². The predicted octanol–water partition coefficient (Wildman–Crippen LogP) is 0.683. The highest BCUT2D eigenvalue weighted by Gasteiger charge is 2.01. The van der Waals surface area contributed by atoms with Crippen LogP contribution in [-0.4, -0.2) is 37.2 Å². The van der Waals surface area contributed by atoms with E-state index in [1.165, 1.54) is 5.01 Å². The van der Waals surface area contributed by atoms with Gasteiger partial charge in [-0.25, -0.2) is 0 Å². The van der Waals surface area contributed by atoms with Crippen molar-refractivity contribution in [3.05, 3.63) is 10.4 Å². The molecule has 6 heteroatoms. The molecule has 0 atom stereocenters. The number of nitrogens with one attached hydrogen (secondary N) is 1. The molecule has 0 fully saturated rings. The van der Waals surface area contributed by atoms with E-state index in [0.717, 1.165) is 25.8 Å². The van der Waals surface area contributed by atoms with Gasteiger partial charge >= 0.3 is 0 Å². The van der Waals surface area contributed by atoms with Crippen LogP contribution in [0, 0.1) is 10.4 Å². The van der Waals surface area contributed by atoms with Crippen LogP contribution in [0.15, 0.2) is 5.28 Å². The van der Waals surface area contributed by atoms with Crippen LogP contribution in [-0.2, 0) is 0 Å². The van der Waals surface area contributed by atoms with Crippen molar-refractivity contribution < 1.29 is 4.97 Å². The summed E-state index contributed by atoms with van der Waals surface area (Å²) in [6.07, 6.45) is 3.02. The molecule has 6 nitrogen and oxygen atoms in total. The maximum absolute atomic E-state index is 10.6. The van der Waals surface area contributed by atoms with E-state index in [1.54, 1.807) is 7.05 Å². The Hall–Kier alpha value is -1.04. The number of nitrogens with zero attached hydrogens (tertiary/aromatic N) is 3. The molecular weight excluding hydrogens is 172 g/mol. The smallest absolute Gasteiger partial charge is 0.0764 e. The fourth-order valence-corrected chi connectivity index (χ4v) is 0.967. The maximum Gasteiger partial charge on any atom is 0.0764 e. The molecule has 78 valence electrons. The molecule has 0 aromatic rings. The zero-order valence-corrected chi connectivity index (χ0v) is 8.19. The zero-order valence-electron chi connectivity index (χ0n) is 8.19. The second-order valence-electron chi connectivity index (χ2n) is 2.88. The summed E-state index contributed by atoms with van der Waals surface area (Å²) in [5, 5.41) is 26.9. The van der Waals surface area contributed by atoms with E-state index in [0.29, 0.717) is 6.54 Å². The van der Waals surface area contributed by atoms with E-state index in [-0.39, 0.29) is 4.97 Å². The Morgan fingerprint density at radius 2 is 2.08 bits per heavy atom. The van der Waals surface area contributed by atoms with E-state index in [4.69, 9.17) is 0 Å². The molecule has 0 bridgehead atoms. The molecule has 1 N–H and O–H groups in total. The van der Waals surface area contributed by atoms with Gasteiger partial charge < -0.3 is 15.7 Å². The van der Waals surface area contributed by atoms with Gasteiger partial charge in [0.1, 0.15) is 0 Å². The standard InChI is InChI=1S/C7H18N4O2/c1-8-6-4-3-5-7-10(2)11(13)9-12/h8,12H,3-7H2,1-2H3/p-1/b11-9-. The Morgan fingerprint density at radius 1 is 1.38 bits per heavy atom. The highest BCUT2D eigenvalue weighted by molar-refractivity contribution is 4.45. The summed E-state index contributed by atoms with van der Waals surface area (Å²) in [6, 6.07) is 0. The fraction of sp³-hybridized carbons (Fsp3) is 1.00. The SMILES string of the molecule is CNCCCCCN(C)/[N+]([O-])=N/[O-]. The summed E-state index contributed by atoms with van der Waals surface area (Å²) in [5.74, 6) is 0. The van der Waals surface area contributed by atoms with E-state index in [2.05, 4.69) is 10.6 Å². The molecule has 13 heavy (non-hydrogen) atoms. The maximum atomic E-state index is 10.6. The van der Waals surface area contributed by atoms with Gasteiger partial charge in [-0.2, -0.15) is 5.01 Å². The van der Waals surface area contributed by atoms with Crippen LogP contribution >= 0.6 is 0 Å². The quantitative estimate of drug-likeness (QED) is 0.276. The first-order chi connectivity index (χ1) is 6.22. The molecule has 0 radical (unpaired) electrons. The van der Waals surface area contributed by atoms with Crippen LogP contribution < -0.4 is 5.32 Å². The molecule has 0 saturated carbocycles. The van der Waals surface area contributed by atoms with Gasteiger partial charge in [-0.1, -0.05) is 6.42 Å². The number of hydrazine groups is 1. The Bertz CT molecular complexity index is 151. The largest absolute Gasteiger partial charge is 0.737 e. The minimum Gasteiger partial charge on any atom is -0.737 e. The predicted molar refractivity (Wildman–Crippen MR) is 49.8 cm³/mol. The van der Waals surface area contributed by atoms with Crippen molar-refractivity contribution in [2.45, 2.75) is 19.3 Å². The lowest BCUT2D eigenvalue weighted by Crippen LogP contribution is -2.26. The second kappa shape index (κ2) is 7.60. The summed E-state index contributed by atoms with van der Waals surface area (Å²) in [5.41, 5.74) is 0. The Balaban J connectivity index is 3.32. The first-order valence-electron chi connectivity index (χ1n) is 4.38. The van der Waals surface area contributed by atoms with Crippen LogP contribution in [0.25, 0.3) is 0 Å². The molecule has 0 aromatic heterocycles. The number of hydrogen-bond acceptors (Lipinski definition) is 4. The first kappa shape index (κ1) is 12.0. The first-order valence-corrected chi connectivity index (χ1v) is 4.38. The molecular formula is C7H17N4O2-. The summed E-state index contributed by atoms with van der Waals surface area (Å²) < 4.78 is 0. The molecule has 0 saturated heterocycles. The molecule has 0 amide bonds. The highest BCUT2D eigenvalue weighted by atomic mass is 16.6. The topological polar surface area (TPSA) is 76.8 Å². The van der Waals surface area contributed by atoms with Gasteiger partial charge in [-0.05, 0) is 31.7 Å². The Labute approximate surface area is 78.4 Å². The molecule has 0 unspecified atom stereocenters. The lowest BCUT2D eigenvalue weighted by Gasteiger charge is -2.13. The van der Waals surface area contributed by atoms with Crippen molar-refractivity contribution in [1.29, 1.82) is 0 Å². The van der Waals surface area contributed by atoms with Crippen LogP contribution in [0.2, 0.25) is 0 Å². The van der Waals surface area contributed by atoms with Crippen molar-refractivity contribution in [3.63, 3.8) is 0 Å². The van der Waals surface area contributed by atoms with Crippen LogP contribution in [0.3, 0.4) is 0 Å². The van der Waals surface area contributed by atoms with E-state index in [1.807, 2.05) is 7.05 Å². The second-order valence-corrected chi connectivity index (χ2v) is 2.88. The summed E-state index contributed by atoms with van der Waals surface area (Å²) in [6.45, 7) is 1.55. The third-order valence-corrected chi connectivity index (χ3v) is 1.77. The number of hydrogen-bond donors (Lipinski definition) is 1. The van der Waals surface area contributed by atoms with Gasteiger partial charge in [0.2, 0.25) is 0 Å². The minimum atomic E-state index is 0.0675. The number of unbranched alkanes of at least 4 members (excludes halogenated alkanes) is 2. The molecule has 0 spiro atoms. The van der Waals surface area contributed by atoms with Crippen LogP contribution in [0.5, 0.6) is 0 Å². The van der Waals surface area contributed by atoms with Crippen LogP contribution in [0.4, 0.5) is 0 Å². The van der Waals surface area contributed by atoms with Gasteiger partial charge in [0.25, 0.3) is 0 Å². The van der Waals surface area contributed by atoms with Crippen molar-refractivity contribution in [1.82, 2.24) is 10.3 Å². The van der Waals surface area contributed by atoms with Gasteiger partial charge in [0, 0.05) is 4.97 Å². The Morgan fingerprint density at radius 3 is 2.62 bits per heavy atom. The highest BCUT2D eigenvalue weighted by Crippen LogP contribution is 1.96. The van der Waals surface area contributed by atoms with Gasteiger partial charge in [0.05, 0.1) is 13.6 Å². The third kappa shape index (κ3) is 6.15. The normalized spacial score (nSPS) is 11.7. The summed E-state index contributed by atoms with van der Waals surface area (Å²) in [4.78, 5) is 0.0675. The Kier molecular flexibility index (Phi) is 6.99. The molecule has 0 aromatic carbocycles. The zero-order chi connectivity index (χ0) is 10.1. The van der Waals surface area contributed by atoms with E-state index in [9.17, 15) is 10.4 Å². The van der Waals surface area contributed by atoms with Gasteiger partial charge in [0.15, 0.2) is 0 Å². The molecule has 0 rings (SSSR count). The molecule has 0 aliphatic rings. The van der Waals surface area contributed by atoms with E-state index < -0.39 is 0 Å². The van der Waals surface area contributed by atoms with Gasteiger partial charge in [-0.3, -0.25) is 0 Å². The lowest BCUT2D eigenvalue weighted by molar-refractivity contribution is -0.684. The average molecular weight is 189 g/mol. The molecule has 0 aliphatic heterocycles. The lowest BCUT2D eigenvalue weighted by atomic mass is 10.2. The van der Waals surface area contributed by atoms with Crippen molar-refractivity contribution in [3.8, 4) is 0 Å². The average Bonchev–Trinajstić information content (AvgIpc) is 2.16. The van der Waals surface area contributed by atoms with Crippen molar-refractivity contribution >= 4 is 0 Å². The van der Waals surface area contributed by atoms with Crippen molar-refractivity contribution in [2.75, 3.05) is 27.2 Å².